The third-order valence-electron chi connectivity index (χ3n) is 5.20. The van der Waals surface area contributed by atoms with Gasteiger partial charge in [-0.1, -0.05) is 6.07 Å². The van der Waals surface area contributed by atoms with Crippen LogP contribution in [0.1, 0.15) is 34.7 Å². The molecule has 0 radical (unpaired) electrons. The molecule has 1 aliphatic rings. The number of aryl methyl sites for hydroxylation is 1. The van der Waals surface area contributed by atoms with Crippen LogP contribution in [0.4, 0.5) is 10.1 Å². The van der Waals surface area contributed by atoms with Gasteiger partial charge in [0, 0.05) is 27.7 Å². The van der Waals surface area contributed by atoms with Crippen LogP contribution in [-0.4, -0.2) is 45.9 Å². The predicted molar refractivity (Wildman–Crippen MR) is 119 cm³/mol. The monoisotopic (exact) mass is 451 g/mol. The third kappa shape index (κ3) is 5.15. The molecule has 1 amide bonds. The van der Waals surface area contributed by atoms with Crippen LogP contribution in [0.3, 0.4) is 0 Å². The van der Waals surface area contributed by atoms with Crippen LogP contribution in [0.2, 0.25) is 0 Å². The van der Waals surface area contributed by atoms with Crippen LogP contribution in [0.25, 0.3) is 6.08 Å². The molecule has 1 aromatic carbocycles. The first kappa shape index (κ1) is 22.6. The molecule has 1 aliphatic heterocycles. The summed E-state index contributed by atoms with van der Waals surface area (Å²) in [7, 11) is 0.0152. The molecule has 3 rings (SSSR count). The first-order chi connectivity index (χ1) is 14.1. The van der Waals surface area contributed by atoms with Gasteiger partial charge in [-0.05, 0) is 70.3 Å². The lowest BCUT2D eigenvalue weighted by molar-refractivity contribution is -0.118. The van der Waals surface area contributed by atoms with Crippen molar-refractivity contribution >= 4 is 39.0 Å². The summed E-state index contributed by atoms with van der Waals surface area (Å²) in [5, 5.41) is 1.06. The molecule has 2 atom stereocenters. The minimum atomic E-state index is -3.80. The van der Waals surface area contributed by atoms with E-state index < -0.39 is 27.8 Å². The molecular formula is C21H26FN3O3S2. The van der Waals surface area contributed by atoms with Gasteiger partial charge in [0.1, 0.15) is 11.9 Å². The fraction of sp³-hybridized carbons (Fsp3) is 0.381. The fourth-order valence-corrected chi connectivity index (χ4v) is 5.15. The standard InChI is InChI=1S/C21H26FN3O3S2/c1-14-5-7-17(29-14)10-12-30(27,28)23-19-9-11-25(21(19)26)20-8-6-16(13-18(20)22)15(2)24(3)4/h5-8,10,12-13,15,19,23H,9,11H2,1-4H3/b12-10+/t15-,19-/m0/s1. The van der Waals surface area contributed by atoms with Crippen LogP contribution in [0.15, 0.2) is 35.7 Å². The van der Waals surface area contributed by atoms with E-state index in [9.17, 15) is 17.6 Å². The number of carbonyl (C=O) groups is 1. The van der Waals surface area contributed by atoms with E-state index >= 15 is 0 Å². The molecule has 2 heterocycles. The van der Waals surface area contributed by atoms with Crippen molar-refractivity contribution in [1.82, 2.24) is 9.62 Å². The normalized spacial score (nSPS) is 18.7. The van der Waals surface area contributed by atoms with E-state index in [1.165, 1.54) is 28.4 Å². The lowest BCUT2D eigenvalue weighted by Crippen LogP contribution is -2.40. The Hall–Kier alpha value is -2.07. The Bertz CT molecular complexity index is 1060. The molecule has 0 saturated carbocycles. The topological polar surface area (TPSA) is 69.7 Å². The van der Waals surface area contributed by atoms with E-state index in [0.717, 1.165) is 20.7 Å². The zero-order valence-electron chi connectivity index (χ0n) is 17.4. The van der Waals surface area contributed by atoms with E-state index in [0.29, 0.717) is 0 Å². The van der Waals surface area contributed by atoms with Crippen molar-refractivity contribution in [2.75, 3.05) is 25.5 Å². The Labute approximate surface area is 181 Å². The highest BCUT2D eigenvalue weighted by atomic mass is 32.2. The van der Waals surface area contributed by atoms with E-state index in [1.54, 1.807) is 12.1 Å². The van der Waals surface area contributed by atoms with Crippen LogP contribution in [0.5, 0.6) is 0 Å². The Kier molecular flexibility index (Phi) is 6.76. The zero-order valence-corrected chi connectivity index (χ0v) is 19.1. The number of hydrogen-bond donors (Lipinski definition) is 1. The SMILES string of the molecule is Cc1ccc(/C=C/S(=O)(=O)N[C@H]2CCN(c3ccc([C@H](C)N(C)C)cc3F)C2=O)s1. The van der Waals surface area contributed by atoms with Crippen LogP contribution in [0, 0.1) is 12.7 Å². The van der Waals surface area contributed by atoms with Crippen LogP contribution >= 0.6 is 11.3 Å². The summed E-state index contributed by atoms with van der Waals surface area (Å²) in [6.45, 7) is 4.15. The predicted octanol–water partition coefficient (Wildman–Crippen LogP) is 3.51. The van der Waals surface area contributed by atoms with E-state index in [-0.39, 0.29) is 24.7 Å². The Morgan fingerprint density at radius 2 is 2.03 bits per heavy atom. The highest BCUT2D eigenvalue weighted by molar-refractivity contribution is 7.92. The van der Waals surface area contributed by atoms with Crippen molar-refractivity contribution in [3.63, 3.8) is 0 Å². The molecular weight excluding hydrogens is 425 g/mol. The molecule has 1 saturated heterocycles. The molecule has 2 aromatic rings. The number of amides is 1. The van der Waals surface area contributed by atoms with Gasteiger partial charge in [-0.2, -0.15) is 4.72 Å². The smallest absolute Gasteiger partial charge is 0.245 e. The number of halogens is 1. The van der Waals surface area contributed by atoms with Gasteiger partial charge in [-0.3, -0.25) is 4.79 Å². The van der Waals surface area contributed by atoms with E-state index in [1.807, 2.05) is 45.0 Å². The van der Waals surface area contributed by atoms with Gasteiger partial charge in [0.25, 0.3) is 0 Å². The maximum absolute atomic E-state index is 14.7. The summed E-state index contributed by atoms with van der Waals surface area (Å²) in [5.74, 6) is -0.947. The average molecular weight is 452 g/mol. The summed E-state index contributed by atoms with van der Waals surface area (Å²) in [6, 6.07) is 7.65. The second-order valence-electron chi connectivity index (χ2n) is 7.60. The molecule has 0 unspecified atom stereocenters. The largest absolute Gasteiger partial charge is 0.308 e. The van der Waals surface area contributed by atoms with Crippen molar-refractivity contribution < 1.29 is 17.6 Å². The number of rotatable bonds is 7. The number of thiophene rings is 1. The second-order valence-corrected chi connectivity index (χ2v) is 10.5. The van der Waals surface area contributed by atoms with Gasteiger partial charge in [-0.25, -0.2) is 12.8 Å². The van der Waals surface area contributed by atoms with Crippen molar-refractivity contribution in [2.45, 2.75) is 32.4 Å². The zero-order chi connectivity index (χ0) is 22.1. The summed E-state index contributed by atoms with van der Waals surface area (Å²) < 4.78 is 41.9. The maximum atomic E-state index is 14.7. The van der Waals surface area contributed by atoms with Crippen molar-refractivity contribution in [3.05, 3.63) is 56.9 Å². The van der Waals surface area contributed by atoms with Gasteiger partial charge in [0.05, 0.1) is 5.69 Å². The molecule has 0 aliphatic carbocycles. The van der Waals surface area contributed by atoms with Gasteiger partial charge >= 0.3 is 0 Å². The van der Waals surface area contributed by atoms with Crippen LogP contribution in [-0.2, 0) is 14.8 Å². The molecule has 162 valence electrons. The van der Waals surface area contributed by atoms with E-state index in [2.05, 4.69) is 4.72 Å². The number of anilines is 1. The summed E-state index contributed by atoms with van der Waals surface area (Å²) in [5.41, 5.74) is 0.972. The maximum Gasteiger partial charge on any atom is 0.245 e. The Balaban J connectivity index is 1.70. The third-order valence-corrected chi connectivity index (χ3v) is 7.28. The molecule has 6 nitrogen and oxygen atoms in total. The highest BCUT2D eigenvalue weighted by Gasteiger charge is 2.36. The minimum absolute atomic E-state index is 0.0290. The average Bonchev–Trinajstić information content (AvgIpc) is 3.25. The lowest BCUT2D eigenvalue weighted by atomic mass is 10.1. The highest BCUT2D eigenvalue weighted by Crippen LogP contribution is 2.28. The number of hydrogen-bond acceptors (Lipinski definition) is 5. The summed E-state index contributed by atoms with van der Waals surface area (Å²) >= 11 is 1.48. The van der Waals surface area contributed by atoms with E-state index in [4.69, 9.17) is 0 Å². The second kappa shape index (κ2) is 8.97. The molecule has 1 aromatic heterocycles. The molecule has 1 fully saturated rings. The lowest BCUT2D eigenvalue weighted by Gasteiger charge is -2.22. The molecule has 9 heteroatoms. The first-order valence-electron chi connectivity index (χ1n) is 9.61. The molecule has 0 spiro atoms. The van der Waals surface area contributed by atoms with Crippen LogP contribution < -0.4 is 9.62 Å². The van der Waals surface area contributed by atoms with Gasteiger partial charge in [0.15, 0.2) is 0 Å². The Morgan fingerprint density at radius 3 is 2.63 bits per heavy atom. The fourth-order valence-electron chi connectivity index (χ4n) is 3.27. The van der Waals surface area contributed by atoms with Crippen molar-refractivity contribution in [3.8, 4) is 0 Å². The number of carbonyl (C=O) groups excluding carboxylic acids is 1. The van der Waals surface area contributed by atoms with Gasteiger partial charge in [-0.15, -0.1) is 11.3 Å². The molecule has 1 N–H and O–H groups in total. The number of nitrogens with one attached hydrogen (secondary N) is 1. The summed E-state index contributed by atoms with van der Waals surface area (Å²) in [6.07, 6.45) is 1.78. The van der Waals surface area contributed by atoms with Gasteiger partial charge in [0.2, 0.25) is 15.9 Å². The number of benzene rings is 1. The van der Waals surface area contributed by atoms with Gasteiger partial charge < -0.3 is 9.80 Å². The molecule has 30 heavy (non-hydrogen) atoms. The quantitative estimate of drug-likeness (QED) is 0.699. The van der Waals surface area contributed by atoms with Crippen molar-refractivity contribution in [1.29, 1.82) is 0 Å². The number of sulfonamides is 1. The first-order valence-corrected chi connectivity index (χ1v) is 12.0. The Morgan fingerprint density at radius 1 is 1.30 bits per heavy atom. The number of nitrogens with zero attached hydrogens (tertiary/aromatic N) is 2. The molecule has 0 bridgehead atoms. The van der Waals surface area contributed by atoms with Crippen molar-refractivity contribution in [2.24, 2.45) is 0 Å². The minimum Gasteiger partial charge on any atom is -0.308 e. The summed E-state index contributed by atoms with van der Waals surface area (Å²) in [4.78, 5) is 17.9.